The van der Waals surface area contributed by atoms with Crippen molar-refractivity contribution in [3.8, 4) is 0 Å². The van der Waals surface area contributed by atoms with Gasteiger partial charge in [0.1, 0.15) is 5.82 Å². The van der Waals surface area contributed by atoms with Crippen molar-refractivity contribution in [2.45, 2.75) is 58.9 Å². The lowest BCUT2D eigenvalue weighted by Crippen LogP contribution is -2.33. The maximum atomic E-state index is 12.4. The molecule has 0 saturated carbocycles. The molecule has 1 rings (SSSR count). The highest BCUT2D eigenvalue weighted by Crippen LogP contribution is 2.18. The van der Waals surface area contributed by atoms with Gasteiger partial charge in [-0.05, 0) is 42.3 Å². The first-order valence-corrected chi connectivity index (χ1v) is 8.58. The predicted molar refractivity (Wildman–Crippen MR) is 91.8 cm³/mol. The van der Waals surface area contributed by atoms with Crippen LogP contribution in [-0.2, 0) is 0 Å². The van der Waals surface area contributed by atoms with Crippen molar-refractivity contribution in [2.75, 3.05) is 11.9 Å². The summed E-state index contributed by atoms with van der Waals surface area (Å²) in [6.07, 6.45) is 7.60. The van der Waals surface area contributed by atoms with Crippen LogP contribution in [0.1, 0.15) is 63.2 Å². The molecule has 1 aromatic rings. The number of anilines is 1. The summed E-state index contributed by atoms with van der Waals surface area (Å²) >= 11 is 3.37. The molecule has 4 nitrogen and oxygen atoms in total. The van der Waals surface area contributed by atoms with Gasteiger partial charge in [-0.15, -0.1) is 0 Å². The van der Waals surface area contributed by atoms with Gasteiger partial charge in [0, 0.05) is 23.3 Å². The minimum Gasteiger partial charge on any atom is -0.370 e. The zero-order valence-electron chi connectivity index (χ0n) is 13.2. The molecule has 0 aliphatic rings. The molecule has 5 heteroatoms. The van der Waals surface area contributed by atoms with Gasteiger partial charge in [0.05, 0.1) is 5.56 Å². The first kappa shape index (κ1) is 18.0. The van der Waals surface area contributed by atoms with Crippen LogP contribution in [0, 0.1) is 0 Å². The summed E-state index contributed by atoms with van der Waals surface area (Å²) in [5.41, 5.74) is 0.589. The smallest absolute Gasteiger partial charge is 0.255 e. The lowest BCUT2D eigenvalue weighted by atomic mass is 10.1. The molecule has 0 fully saturated rings. The molecular formula is C16H26BrN3O. The van der Waals surface area contributed by atoms with Crippen LogP contribution in [0.25, 0.3) is 0 Å². The van der Waals surface area contributed by atoms with E-state index in [-0.39, 0.29) is 11.9 Å². The Hall–Kier alpha value is -1.10. The molecule has 0 aliphatic carbocycles. The van der Waals surface area contributed by atoms with E-state index in [4.69, 9.17) is 0 Å². The predicted octanol–water partition coefficient (Wildman–Crippen LogP) is 4.36. The minimum atomic E-state index is -0.0669. The summed E-state index contributed by atoms with van der Waals surface area (Å²) in [6, 6.07) is 1.99. The molecule has 0 saturated heterocycles. The quantitative estimate of drug-likeness (QED) is 0.646. The van der Waals surface area contributed by atoms with Crippen molar-refractivity contribution >= 4 is 27.7 Å². The van der Waals surface area contributed by atoms with Gasteiger partial charge < -0.3 is 10.6 Å². The Morgan fingerprint density at radius 1 is 1.33 bits per heavy atom. The van der Waals surface area contributed by atoms with Gasteiger partial charge in [-0.2, -0.15) is 0 Å². The molecule has 1 amide bonds. The number of hydrogen-bond acceptors (Lipinski definition) is 3. The van der Waals surface area contributed by atoms with E-state index < -0.39 is 0 Å². The van der Waals surface area contributed by atoms with E-state index >= 15 is 0 Å². The monoisotopic (exact) mass is 355 g/mol. The minimum absolute atomic E-state index is 0.0669. The van der Waals surface area contributed by atoms with Crippen molar-refractivity contribution < 1.29 is 4.79 Å². The number of pyridine rings is 1. The van der Waals surface area contributed by atoms with Crippen molar-refractivity contribution in [3.63, 3.8) is 0 Å². The number of halogens is 1. The van der Waals surface area contributed by atoms with Gasteiger partial charge >= 0.3 is 0 Å². The molecule has 0 radical (unpaired) electrons. The highest BCUT2D eigenvalue weighted by atomic mass is 79.9. The summed E-state index contributed by atoms with van der Waals surface area (Å²) < 4.78 is 0.810. The van der Waals surface area contributed by atoms with E-state index in [2.05, 4.69) is 45.4 Å². The third-order valence-electron chi connectivity index (χ3n) is 3.31. The highest BCUT2D eigenvalue weighted by Gasteiger charge is 2.15. The Bertz CT molecular complexity index is 451. The molecule has 0 aromatic carbocycles. The van der Waals surface area contributed by atoms with Gasteiger partial charge in [-0.3, -0.25) is 4.79 Å². The van der Waals surface area contributed by atoms with Crippen molar-refractivity contribution in [2.24, 2.45) is 0 Å². The van der Waals surface area contributed by atoms with Crippen LogP contribution in [0.3, 0.4) is 0 Å². The summed E-state index contributed by atoms with van der Waals surface area (Å²) in [5, 5.41) is 6.18. The van der Waals surface area contributed by atoms with E-state index in [0.717, 1.165) is 23.9 Å². The van der Waals surface area contributed by atoms with Crippen LogP contribution in [0.5, 0.6) is 0 Å². The molecule has 118 valence electrons. The van der Waals surface area contributed by atoms with Gasteiger partial charge in [0.15, 0.2) is 0 Å². The normalized spacial score (nSPS) is 12.0. The van der Waals surface area contributed by atoms with Gasteiger partial charge in [-0.25, -0.2) is 4.98 Å². The summed E-state index contributed by atoms with van der Waals surface area (Å²) in [4.78, 5) is 16.6. The number of nitrogens with zero attached hydrogens (tertiary/aromatic N) is 1. The number of rotatable bonds is 9. The standard InChI is InChI=1S/C16H26BrN3O/c1-4-6-7-8-9-12(3)20-16(21)14-10-13(17)11-19-15(14)18-5-2/h10-12H,4-9H2,1-3H3,(H,18,19)(H,20,21). The first-order chi connectivity index (χ1) is 10.1. The Morgan fingerprint density at radius 3 is 2.76 bits per heavy atom. The Morgan fingerprint density at radius 2 is 2.10 bits per heavy atom. The lowest BCUT2D eigenvalue weighted by molar-refractivity contribution is 0.0938. The average Bonchev–Trinajstić information content (AvgIpc) is 2.45. The summed E-state index contributed by atoms with van der Waals surface area (Å²) in [6.45, 7) is 6.99. The van der Waals surface area contributed by atoms with E-state index in [1.54, 1.807) is 6.20 Å². The molecule has 1 heterocycles. The van der Waals surface area contributed by atoms with Crippen molar-refractivity contribution in [1.82, 2.24) is 10.3 Å². The molecule has 1 unspecified atom stereocenters. The SMILES string of the molecule is CCCCCCC(C)NC(=O)c1cc(Br)cnc1NCC. The number of carbonyl (C=O) groups is 1. The van der Waals surface area contributed by atoms with E-state index in [1.165, 1.54) is 19.3 Å². The number of amides is 1. The van der Waals surface area contributed by atoms with Crippen LogP contribution in [0.2, 0.25) is 0 Å². The van der Waals surface area contributed by atoms with Crippen LogP contribution in [0.15, 0.2) is 16.7 Å². The molecule has 21 heavy (non-hydrogen) atoms. The molecule has 0 spiro atoms. The van der Waals surface area contributed by atoms with Crippen LogP contribution < -0.4 is 10.6 Å². The van der Waals surface area contributed by atoms with Crippen LogP contribution in [-0.4, -0.2) is 23.5 Å². The van der Waals surface area contributed by atoms with E-state index in [0.29, 0.717) is 11.4 Å². The molecule has 0 bridgehead atoms. The van der Waals surface area contributed by atoms with Gasteiger partial charge in [-0.1, -0.05) is 32.6 Å². The number of nitrogens with one attached hydrogen (secondary N) is 2. The van der Waals surface area contributed by atoms with Crippen LogP contribution >= 0.6 is 15.9 Å². The molecule has 0 aliphatic heterocycles. The molecular weight excluding hydrogens is 330 g/mol. The first-order valence-electron chi connectivity index (χ1n) is 7.78. The molecule has 1 atom stereocenters. The van der Waals surface area contributed by atoms with E-state index in [1.807, 2.05) is 13.0 Å². The Kier molecular flexibility index (Phi) is 8.35. The second kappa shape index (κ2) is 9.77. The zero-order chi connectivity index (χ0) is 15.7. The maximum absolute atomic E-state index is 12.4. The van der Waals surface area contributed by atoms with Crippen molar-refractivity contribution in [3.05, 3.63) is 22.3 Å². The number of hydrogen-bond donors (Lipinski definition) is 2. The largest absolute Gasteiger partial charge is 0.370 e. The fourth-order valence-electron chi connectivity index (χ4n) is 2.17. The second-order valence-corrected chi connectivity index (χ2v) is 6.22. The maximum Gasteiger partial charge on any atom is 0.255 e. The summed E-state index contributed by atoms with van der Waals surface area (Å²) in [5.74, 6) is 0.569. The van der Waals surface area contributed by atoms with Gasteiger partial charge in [0.2, 0.25) is 0 Å². The number of unbranched alkanes of at least 4 members (excludes halogenated alkanes) is 3. The fraction of sp³-hybridized carbons (Fsp3) is 0.625. The lowest BCUT2D eigenvalue weighted by Gasteiger charge is -2.15. The third kappa shape index (κ3) is 6.46. The molecule has 1 aromatic heterocycles. The second-order valence-electron chi connectivity index (χ2n) is 5.30. The highest BCUT2D eigenvalue weighted by molar-refractivity contribution is 9.10. The van der Waals surface area contributed by atoms with Gasteiger partial charge in [0.25, 0.3) is 5.91 Å². The topological polar surface area (TPSA) is 54.0 Å². The average molecular weight is 356 g/mol. The zero-order valence-corrected chi connectivity index (χ0v) is 14.8. The number of carbonyl (C=O) groups excluding carboxylic acids is 1. The Balaban J connectivity index is 2.59. The van der Waals surface area contributed by atoms with Crippen molar-refractivity contribution in [1.29, 1.82) is 0 Å². The summed E-state index contributed by atoms with van der Waals surface area (Å²) in [7, 11) is 0. The number of aromatic nitrogens is 1. The Labute approximate surface area is 136 Å². The third-order valence-corrected chi connectivity index (χ3v) is 3.75. The van der Waals surface area contributed by atoms with Crippen LogP contribution in [0.4, 0.5) is 5.82 Å². The van der Waals surface area contributed by atoms with E-state index in [9.17, 15) is 4.79 Å². The fourth-order valence-corrected chi connectivity index (χ4v) is 2.50. The molecule has 2 N–H and O–H groups in total.